The van der Waals surface area contributed by atoms with Gasteiger partial charge in [-0.25, -0.2) is 0 Å². The molecule has 1 fully saturated rings. The maximum atomic E-state index is 13.2. The number of hydrogen-bond acceptors (Lipinski definition) is 1. The van der Waals surface area contributed by atoms with E-state index >= 15 is 0 Å². The lowest BCUT2D eigenvalue weighted by Crippen LogP contribution is -2.28. The number of carbonyl (C=O) groups excluding carboxylic acids is 1. The van der Waals surface area contributed by atoms with E-state index in [2.05, 4.69) is 48.5 Å². The third-order valence-corrected chi connectivity index (χ3v) is 5.85. The molecule has 0 aromatic heterocycles. The maximum Gasteiger partial charge on any atom is 0.254 e. The lowest BCUT2D eigenvalue weighted by Gasteiger charge is -2.18. The molecule has 5 rings (SSSR count). The molecule has 0 spiro atoms. The Hall–Kier alpha value is -2.61. The van der Waals surface area contributed by atoms with Crippen molar-refractivity contribution in [3.05, 3.63) is 82.9 Å². The first kappa shape index (κ1) is 14.7. The van der Waals surface area contributed by atoms with Crippen molar-refractivity contribution in [1.29, 1.82) is 0 Å². The van der Waals surface area contributed by atoms with E-state index in [1.165, 1.54) is 22.1 Å². The first-order valence-electron chi connectivity index (χ1n) is 9.19. The van der Waals surface area contributed by atoms with E-state index in [-0.39, 0.29) is 5.91 Å². The van der Waals surface area contributed by atoms with Crippen molar-refractivity contribution < 1.29 is 4.79 Å². The van der Waals surface area contributed by atoms with Crippen molar-refractivity contribution in [3.8, 4) is 0 Å². The summed E-state index contributed by atoms with van der Waals surface area (Å²) >= 11 is 0. The van der Waals surface area contributed by atoms with Crippen LogP contribution in [0.5, 0.6) is 0 Å². The summed E-state index contributed by atoms with van der Waals surface area (Å²) in [5.74, 6) is 0.649. The molecule has 1 saturated heterocycles. The number of aryl methyl sites for hydroxylation is 2. The van der Waals surface area contributed by atoms with Crippen LogP contribution in [0.15, 0.2) is 60.7 Å². The normalized spacial score (nSPS) is 18.9. The van der Waals surface area contributed by atoms with Crippen LogP contribution in [0.3, 0.4) is 0 Å². The monoisotopic (exact) mass is 327 g/mol. The number of rotatable bonds is 2. The van der Waals surface area contributed by atoms with E-state index in [0.29, 0.717) is 5.92 Å². The van der Waals surface area contributed by atoms with Crippen molar-refractivity contribution in [2.75, 3.05) is 13.1 Å². The molecule has 1 aliphatic heterocycles. The maximum absolute atomic E-state index is 13.2. The quantitative estimate of drug-likeness (QED) is 0.675. The zero-order valence-electron chi connectivity index (χ0n) is 14.2. The fourth-order valence-corrected chi connectivity index (χ4v) is 4.55. The van der Waals surface area contributed by atoms with Gasteiger partial charge in [-0.2, -0.15) is 0 Å². The van der Waals surface area contributed by atoms with Gasteiger partial charge in [0.05, 0.1) is 0 Å². The van der Waals surface area contributed by atoms with Gasteiger partial charge in [0.15, 0.2) is 0 Å². The van der Waals surface area contributed by atoms with Gasteiger partial charge < -0.3 is 4.90 Å². The van der Waals surface area contributed by atoms with Crippen LogP contribution in [-0.4, -0.2) is 23.9 Å². The standard InChI is InChI=1S/C23H21NO/c25-23(24-14-13-19(15-24)16-5-2-1-3-6-16)21-12-11-18-10-9-17-7-4-8-20(21)22(17)18/h1-8,11-12,19H,9-10,13-15H2. The Morgan fingerprint density at radius 2 is 1.68 bits per heavy atom. The summed E-state index contributed by atoms with van der Waals surface area (Å²) in [7, 11) is 0. The molecule has 25 heavy (non-hydrogen) atoms. The molecule has 0 saturated carbocycles. The van der Waals surface area contributed by atoms with Gasteiger partial charge in [0.1, 0.15) is 0 Å². The van der Waals surface area contributed by atoms with Crippen LogP contribution in [0.25, 0.3) is 10.8 Å². The summed E-state index contributed by atoms with van der Waals surface area (Å²) in [5, 5.41) is 2.47. The van der Waals surface area contributed by atoms with Gasteiger partial charge in [0, 0.05) is 24.6 Å². The van der Waals surface area contributed by atoms with E-state index in [0.717, 1.165) is 43.3 Å². The number of carbonyl (C=O) groups is 1. The largest absolute Gasteiger partial charge is 0.338 e. The van der Waals surface area contributed by atoms with Gasteiger partial charge in [-0.05, 0) is 52.8 Å². The molecule has 1 heterocycles. The highest BCUT2D eigenvalue weighted by atomic mass is 16.2. The third-order valence-electron chi connectivity index (χ3n) is 5.85. The molecule has 2 nitrogen and oxygen atoms in total. The second kappa shape index (κ2) is 5.73. The Balaban J connectivity index is 1.47. The highest BCUT2D eigenvalue weighted by molar-refractivity contribution is 6.09. The van der Waals surface area contributed by atoms with E-state index in [9.17, 15) is 4.79 Å². The number of nitrogens with zero attached hydrogens (tertiary/aromatic N) is 1. The van der Waals surface area contributed by atoms with Crippen LogP contribution < -0.4 is 0 Å². The molecule has 1 atom stereocenters. The fourth-order valence-electron chi connectivity index (χ4n) is 4.55. The predicted molar refractivity (Wildman–Crippen MR) is 101 cm³/mol. The van der Waals surface area contributed by atoms with Crippen LogP contribution in [-0.2, 0) is 12.8 Å². The van der Waals surface area contributed by atoms with Gasteiger partial charge in [-0.3, -0.25) is 4.79 Å². The minimum atomic E-state index is 0.189. The van der Waals surface area contributed by atoms with E-state index in [4.69, 9.17) is 0 Å². The molecule has 1 aliphatic carbocycles. The van der Waals surface area contributed by atoms with Crippen LogP contribution in [0.2, 0.25) is 0 Å². The third kappa shape index (κ3) is 2.36. The second-order valence-corrected chi connectivity index (χ2v) is 7.26. The molecule has 1 amide bonds. The smallest absolute Gasteiger partial charge is 0.254 e. The minimum absolute atomic E-state index is 0.189. The van der Waals surface area contributed by atoms with Crippen LogP contribution in [0.1, 0.15) is 39.4 Å². The first-order valence-corrected chi connectivity index (χ1v) is 9.19. The molecule has 0 radical (unpaired) electrons. The van der Waals surface area contributed by atoms with E-state index < -0.39 is 0 Å². The molecular formula is C23H21NO. The SMILES string of the molecule is O=C(c1ccc2c3c(cccc13)CC2)N1CCC(c2ccccc2)C1. The molecule has 2 heteroatoms. The first-order chi connectivity index (χ1) is 12.3. The van der Waals surface area contributed by atoms with Gasteiger partial charge in [0.2, 0.25) is 0 Å². The number of benzene rings is 3. The van der Waals surface area contributed by atoms with Gasteiger partial charge in [-0.15, -0.1) is 0 Å². The Morgan fingerprint density at radius 3 is 2.52 bits per heavy atom. The van der Waals surface area contributed by atoms with E-state index in [1.807, 2.05) is 17.0 Å². The summed E-state index contributed by atoms with van der Waals surface area (Å²) in [6.45, 7) is 1.67. The Kier molecular flexibility index (Phi) is 3.37. The molecule has 3 aromatic rings. The van der Waals surface area contributed by atoms with Crippen molar-refractivity contribution >= 4 is 16.7 Å². The molecule has 3 aromatic carbocycles. The number of amides is 1. The van der Waals surface area contributed by atoms with Crippen LogP contribution in [0, 0.1) is 0 Å². The Labute approximate surface area is 148 Å². The van der Waals surface area contributed by atoms with E-state index in [1.54, 1.807) is 0 Å². The van der Waals surface area contributed by atoms with Crippen LogP contribution >= 0.6 is 0 Å². The lowest BCUT2D eigenvalue weighted by molar-refractivity contribution is 0.0792. The van der Waals surface area contributed by atoms with Crippen molar-refractivity contribution in [3.63, 3.8) is 0 Å². The molecule has 124 valence electrons. The summed E-state index contributed by atoms with van der Waals surface area (Å²) in [6, 6.07) is 21.2. The average Bonchev–Trinajstić information content (AvgIpc) is 3.31. The average molecular weight is 327 g/mol. The highest BCUT2D eigenvalue weighted by Crippen LogP contribution is 2.34. The zero-order valence-corrected chi connectivity index (χ0v) is 14.2. The topological polar surface area (TPSA) is 20.3 Å². The van der Waals surface area contributed by atoms with Crippen molar-refractivity contribution in [1.82, 2.24) is 4.90 Å². The molecule has 1 unspecified atom stereocenters. The Morgan fingerprint density at radius 1 is 0.880 bits per heavy atom. The molecular weight excluding hydrogens is 306 g/mol. The molecule has 0 bridgehead atoms. The number of hydrogen-bond donors (Lipinski definition) is 0. The van der Waals surface area contributed by atoms with Gasteiger partial charge >= 0.3 is 0 Å². The summed E-state index contributed by atoms with van der Waals surface area (Å²) in [5.41, 5.74) is 5.01. The second-order valence-electron chi connectivity index (χ2n) is 7.26. The van der Waals surface area contributed by atoms with Gasteiger partial charge in [0.25, 0.3) is 5.91 Å². The summed E-state index contributed by atoms with van der Waals surface area (Å²) in [6.07, 6.45) is 3.26. The lowest BCUT2D eigenvalue weighted by atomic mass is 9.98. The fraction of sp³-hybridized carbons (Fsp3) is 0.261. The molecule has 0 N–H and O–H groups in total. The van der Waals surface area contributed by atoms with Gasteiger partial charge in [-0.1, -0.05) is 54.6 Å². The molecule has 2 aliphatic rings. The zero-order chi connectivity index (χ0) is 16.8. The Bertz CT molecular complexity index is 950. The summed E-state index contributed by atoms with van der Waals surface area (Å²) < 4.78 is 0. The minimum Gasteiger partial charge on any atom is -0.338 e. The summed E-state index contributed by atoms with van der Waals surface area (Å²) in [4.78, 5) is 15.2. The number of likely N-dealkylation sites (tertiary alicyclic amines) is 1. The predicted octanol–water partition coefficient (Wildman–Crippen LogP) is 4.57. The highest BCUT2D eigenvalue weighted by Gasteiger charge is 2.29. The van der Waals surface area contributed by atoms with Crippen molar-refractivity contribution in [2.45, 2.75) is 25.2 Å². The van der Waals surface area contributed by atoms with Crippen LogP contribution in [0.4, 0.5) is 0 Å². The van der Waals surface area contributed by atoms with Crippen molar-refractivity contribution in [2.24, 2.45) is 0 Å².